The predicted molar refractivity (Wildman–Crippen MR) is 70.8 cm³/mol. The molecule has 2 heteroatoms. The van der Waals surface area contributed by atoms with Crippen molar-refractivity contribution in [1.29, 1.82) is 0 Å². The van der Waals surface area contributed by atoms with Crippen LogP contribution in [-0.4, -0.2) is 17.5 Å². The van der Waals surface area contributed by atoms with E-state index in [1.54, 1.807) is 0 Å². The van der Waals surface area contributed by atoms with Gasteiger partial charge in [-0.05, 0) is 24.3 Å². The van der Waals surface area contributed by atoms with Gasteiger partial charge in [0, 0.05) is 5.56 Å². The zero-order chi connectivity index (χ0) is 12.8. The van der Waals surface area contributed by atoms with Gasteiger partial charge in [0.15, 0.2) is 11.4 Å². The Hall–Kier alpha value is -1.15. The summed E-state index contributed by atoms with van der Waals surface area (Å²) in [6, 6.07) is 7.97. The fraction of sp³-hybridized carbons (Fsp3) is 0.562. The minimum absolute atomic E-state index is 0.161. The monoisotopic (exact) mass is 244 g/mol. The zero-order valence-electron chi connectivity index (χ0n) is 11.1. The summed E-state index contributed by atoms with van der Waals surface area (Å²) in [5, 5.41) is 0. The van der Waals surface area contributed by atoms with Gasteiger partial charge in [-0.3, -0.25) is 4.79 Å². The maximum atomic E-state index is 12.6. The van der Waals surface area contributed by atoms with Crippen molar-refractivity contribution < 1.29 is 9.53 Å². The Morgan fingerprint density at radius 2 is 2.06 bits per heavy atom. The highest BCUT2D eigenvalue weighted by Crippen LogP contribution is 2.51. The lowest BCUT2D eigenvalue weighted by molar-refractivity contribution is 0.0850. The molecule has 1 aromatic rings. The predicted octanol–water partition coefficient (Wildman–Crippen LogP) is 3.39. The highest BCUT2D eigenvalue weighted by Gasteiger charge is 2.64. The van der Waals surface area contributed by atoms with Crippen molar-refractivity contribution in [2.24, 2.45) is 5.92 Å². The fourth-order valence-corrected chi connectivity index (χ4v) is 3.39. The lowest BCUT2D eigenvalue weighted by atomic mass is 9.77. The Balaban J connectivity index is 1.89. The zero-order valence-corrected chi connectivity index (χ0v) is 11.1. The standard InChI is InChI=1S/C16H20O2/c1-3-11(4-2)15-16(18-15)10-9-12-7-5-6-8-13(12)14(16)17/h5-8,11,15H,3-4,9-10H2,1-2H3/t15-,16-/m1/s1. The Bertz CT molecular complexity index is 476. The number of carbonyl (C=O) groups excluding carboxylic acids is 1. The molecule has 2 nitrogen and oxygen atoms in total. The van der Waals surface area contributed by atoms with E-state index in [1.165, 1.54) is 5.56 Å². The Morgan fingerprint density at radius 1 is 1.33 bits per heavy atom. The van der Waals surface area contributed by atoms with Gasteiger partial charge in [-0.2, -0.15) is 0 Å². The summed E-state index contributed by atoms with van der Waals surface area (Å²) in [6.07, 6.45) is 4.19. The molecule has 1 aliphatic carbocycles. The van der Waals surface area contributed by atoms with Gasteiger partial charge in [0.25, 0.3) is 0 Å². The van der Waals surface area contributed by atoms with Crippen LogP contribution in [0.15, 0.2) is 24.3 Å². The number of benzene rings is 1. The van der Waals surface area contributed by atoms with E-state index in [0.717, 1.165) is 31.2 Å². The number of Topliss-reactive ketones (excluding diaryl/α,β-unsaturated/α-hetero) is 1. The molecule has 2 atom stereocenters. The first-order valence-corrected chi connectivity index (χ1v) is 7.03. The Morgan fingerprint density at radius 3 is 2.78 bits per heavy atom. The van der Waals surface area contributed by atoms with Crippen LogP contribution in [0.3, 0.4) is 0 Å². The van der Waals surface area contributed by atoms with Gasteiger partial charge < -0.3 is 4.74 Å². The molecule has 96 valence electrons. The SMILES string of the molecule is CCC(CC)[C@H]1O[C@@]12CCc1ccccc1C2=O. The molecule has 2 aliphatic rings. The van der Waals surface area contributed by atoms with E-state index in [9.17, 15) is 4.79 Å². The maximum absolute atomic E-state index is 12.6. The molecule has 1 aromatic carbocycles. The molecule has 0 bridgehead atoms. The Labute approximate surface area is 108 Å². The molecule has 0 radical (unpaired) electrons. The van der Waals surface area contributed by atoms with Crippen molar-refractivity contribution in [3.8, 4) is 0 Å². The molecular formula is C16H20O2. The molecular weight excluding hydrogens is 224 g/mol. The first-order chi connectivity index (χ1) is 8.73. The lowest BCUT2D eigenvalue weighted by Crippen LogP contribution is -2.35. The number of aryl methyl sites for hydroxylation is 1. The number of hydrogen-bond acceptors (Lipinski definition) is 2. The molecule has 1 saturated heterocycles. The molecule has 0 amide bonds. The van der Waals surface area contributed by atoms with E-state index in [-0.39, 0.29) is 11.9 Å². The molecule has 0 aromatic heterocycles. The van der Waals surface area contributed by atoms with Gasteiger partial charge in [-0.1, -0.05) is 51.0 Å². The van der Waals surface area contributed by atoms with Gasteiger partial charge in [-0.25, -0.2) is 0 Å². The third-order valence-corrected chi connectivity index (χ3v) is 4.63. The van der Waals surface area contributed by atoms with E-state index in [2.05, 4.69) is 19.9 Å². The number of fused-ring (bicyclic) bond motifs is 1. The van der Waals surface area contributed by atoms with Crippen molar-refractivity contribution >= 4 is 5.78 Å². The molecule has 18 heavy (non-hydrogen) atoms. The molecule has 1 fully saturated rings. The molecule has 3 rings (SSSR count). The van der Waals surface area contributed by atoms with Crippen LogP contribution in [0.5, 0.6) is 0 Å². The Kier molecular flexibility index (Phi) is 2.78. The second-order valence-corrected chi connectivity index (χ2v) is 5.49. The van der Waals surface area contributed by atoms with Crippen molar-refractivity contribution in [2.45, 2.75) is 51.2 Å². The number of carbonyl (C=O) groups is 1. The van der Waals surface area contributed by atoms with Crippen LogP contribution in [0, 0.1) is 5.92 Å². The number of ether oxygens (including phenoxy) is 1. The number of rotatable bonds is 3. The average molecular weight is 244 g/mol. The van der Waals surface area contributed by atoms with E-state index >= 15 is 0 Å². The van der Waals surface area contributed by atoms with Crippen LogP contribution < -0.4 is 0 Å². The fourth-order valence-electron chi connectivity index (χ4n) is 3.39. The summed E-state index contributed by atoms with van der Waals surface area (Å²) in [5.41, 5.74) is 1.61. The van der Waals surface area contributed by atoms with Gasteiger partial charge in [0.05, 0.1) is 6.10 Å². The summed E-state index contributed by atoms with van der Waals surface area (Å²) < 4.78 is 5.91. The molecule has 1 spiro atoms. The first kappa shape index (κ1) is 11.9. The van der Waals surface area contributed by atoms with Gasteiger partial charge >= 0.3 is 0 Å². The van der Waals surface area contributed by atoms with E-state index in [0.29, 0.717) is 5.92 Å². The van der Waals surface area contributed by atoms with Gasteiger partial charge in [-0.15, -0.1) is 0 Å². The number of hydrogen-bond donors (Lipinski definition) is 0. The number of ketones is 1. The van der Waals surface area contributed by atoms with Gasteiger partial charge in [0.2, 0.25) is 0 Å². The lowest BCUT2D eigenvalue weighted by Gasteiger charge is -2.22. The van der Waals surface area contributed by atoms with Crippen molar-refractivity contribution in [1.82, 2.24) is 0 Å². The van der Waals surface area contributed by atoms with Crippen LogP contribution in [-0.2, 0) is 11.2 Å². The largest absolute Gasteiger partial charge is 0.357 e. The quantitative estimate of drug-likeness (QED) is 0.763. The normalized spacial score (nSPS) is 29.7. The summed E-state index contributed by atoms with van der Waals surface area (Å²) in [5.74, 6) is 0.750. The summed E-state index contributed by atoms with van der Waals surface area (Å²) in [7, 11) is 0. The number of epoxide rings is 1. The van der Waals surface area contributed by atoms with Crippen LogP contribution in [0.1, 0.15) is 49.0 Å². The van der Waals surface area contributed by atoms with E-state index in [1.807, 2.05) is 18.2 Å². The summed E-state index contributed by atoms with van der Waals surface area (Å²) >= 11 is 0. The highest BCUT2D eigenvalue weighted by atomic mass is 16.6. The van der Waals surface area contributed by atoms with E-state index in [4.69, 9.17) is 4.74 Å². The van der Waals surface area contributed by atoms with Crippen LogP contribution in [0.2, 0.25) is 0 Å². The van der Waals surface area contributed by atoms with Crippen LogP contribution in [0.4, 0.5) is 0 Å². The maximum Gasteiger partial charge on any atom is 0.197 e. The topological polar surface area (TPSA) is 29.6 Å². The molecule has 0 N–H and O–H groups in total. The van der Waals surface area contributed by atoms with Crippen molar-refractivity contribution in [2.75, 3.05) is 0 Å². The second kappa shape index (κ2) is 4.20. The highest BCUT2D eigenvalue weighted by molar-refractivity contribution is 6.06. The third-order valence-electron chi connectivity index (χ3n) is 4.63. The minimum atomic E-state index is -0.467. The summed E-state index contributed by atoms with van der Waals surface area (Å²) in [4.78, 5) is 12.6. The van der Waals surface area contributed by atoms with Gasteiger partial charge in [0.1, 0.15) is 0 Å². The second-order valence-electron chi connectivity index (χ2n) is 5.49. The van der Waals surface area contributed by atoms with Crippen molar-refractivity contribution in [3.63, 3.8) is 0 Å². The summed E-state index contributed by atoms with van der Waals surface area (Å²) in [6.45, 7) is 4.37. The first-order valence-electron chi connectivity index (χ1n) is 7.03. The van der Waals surface area contributed by atoms with E-state index < -0.39 is 5.60 Å². The smallest absolute Gasteiger partial charge is 0.197 e. The third kappa shape index (κ3) is 1.55. The average Bonchev–Trinajstić information content (AvgIpc) is 3.12. The molecule has 0 unspecified atom stereocenters. The van der Waals surface area contributed by atoms with Crippen LogP contribution >= 0.6 is 0 Å². The molecule has 1 heterocycles. The molecule has 1 aliphatic heterocycles. The molecule has 0 saturated carbocycles. The minimum Gasteiger partial charge on any atom is -0.357 e. The van der Waals surface area contributed by atoms with Crippen LogP contribution in [0.25, 0.3) is 0 Å². The van der Waals surface area contributed by atoms with Crippen molar-refractivity contribution in [3.05, 3.63) is 35.4 Å².